The number of nitrogens with zero attached hydrogens (tertiary/aromatic N) is 5. The van der Waals surface area contributed by atoms with Gasteiger partial charge in [-0.1, -0.05) is 18.2 Å². The van der Waals surface area contributed by atoms with Crippen molar-refractivity contribution < 1.29 is 9.13 Å². The summed E-state index contributed by atoms with van der Waals surface area (Å²) in [5, 5.41) is 4.76. The summed E-state index contributed by atoms with van der Waals surface area (Å²) in [5.41, 5.74) is 2.45. The van der Waals surface area contributed by atoms with Gasteiger partial charge >= 0.3 is 0 Å². The van der Waals surface area contributed by atoms with E-state index in [2.05, 4.69) is 22.9 Å². The van der Waals surface area contributed by atoms with Crippen molar-refractivity contribution in [1.29, 1.82) is 0 Å². The van der Waals surface area contributed by atoms with Crippen molar-refractivity contribution in [2.75, 3.05) is 6.61 Å². The van der Waals surface area contributed by atoms with Crippen LogP contribution in [0.5, 0.6) is 0 Å². The Bertz CT molecular complexity index is 1420. The molecule has 1 saturated heterocycles. The van der Waals surface area contributed by atoms with Crippen LogP contribution in [0.3, 0.4) is 0 Å². The molecule has 1 aliphatic heterocycles. The van der Waals surface area contributed by atoms with Crippen LogP contribution in [0.1, 0.15) is 66.0 Å². The minimum absolute atomic E-state index is 0.000882. The lowest BCUT2D eigenvalue weighted by atomic mass is 9.90. The van der Waals surface area contributed by atoms with E-state index >= 15 is 4.39 Å². The second-order valence-electron chi connectivity index (χ2n) is 9.63. The van der Waals surface area contributed by atoms with Gasteiger partial charge in [0.05, 0.1) is 35.3 Å². The van der Waals surface area contributed by atoms with E-state index < -0.39 is 5.82 Å². The Morgan fingerprint density at radius 1 is 1.28 bits per heavy atom. The average Bonchev–Trinajstić information content (AvgIpc) is 3.58. The summed E-state index contributed by atoms with van der Waals surface area (Å²) >= 11 is 6.01. The van der Waals surface area contributed by atoms with Crippen LogP contribution < -0.4 is 5.56 Å². The number of allylic oxidation sites excluding steroid dienone is 1. The molecule has 36 heavy (non-hydrogen) atoms. The number of aryl methyl sites for hydroxylation is 2. The molecular weight excluding hydrogens is 481 g/mol. The summed E-state index contributed by atoms with van der Waals surface area (Å²) in [6, 6.07) is 4.85. The van der Waals surface area contributed by atoms with Crippen molar-refractivity contribution >= 4 is 17.3 Å². The predicted molar refractivity (Wildman–Crippen MR) is 137 cm³/mol. The Labute approximate surface area is 214 Å². The lowest BCUT2D eigenvalue weighted by molar-refractivity contribution is -0.00302. The van der Waals surface area contributed by atoms with Crippen LogP contribution in [-0.4, -0.2) is 31.7 Å². The zero-order valence-corrected chi connectivity index (χ0v) is 21.4. The Morgan fingerprint density at radius 2 is 2.06 bits per heavy atom. The van der Waals surface area contributed by atoms with Crippen LogP contribution in [0, 0.1) is 25.6 Å². The molecule has 2 aliphatic rings. The number of aromatic nitrogens is 4. The third kappa shape index (κ3) is 4.80. The molecule has 3 heterocycles. The largest absolute Gasteiger partial charge is 0.373 e. The molecule has 2 atom stereocenters. The highest BCUT2D eigenvalue weighted by molar-refractivity contribution is 6.30. The van der Waals surface area contributed by atoms with Crippen molar-refractivity contribution in [3.8, 4) is 0 Å². The standard InChI is InChI=1S/C27H29ClFN5O2/c1-15(18-9-10-36-24(11-18)19-13-30-34(14-19)21-6-7-21)32-26(22-8-5-20(28)12-23(22)29)25-16(2)31-17(3)33(4)27(25)35/h5,8,12-14,18,21,24H,1,6-7,9-11H2,2-4H3/t18-,24+/m0/s1. The SMILES string of the molecule is C=C(N=C(c1ccc(Cl)cc1F)c1c(C)nc(C)n(C)c1=O)[C@H]1CCO[C@@H](c2cnn(C3CC3)c2)C1. The first-order valence-corrected chi connectivity index (χ1v) is 12.5. The molecule has 2 fully saturated rings. The third-order valence-corrected chi connectivity index (χ3v) is 7.28. The monoisotopic (exact) mass is 509 g/mol. The summed E-state index contributed by atoms with van der Waals surface area (Å²) in [5.74, 6) is 0.00407. The Morgan fingerprint density at radius 3 is 2.78 bits per heavy atom. The fraction of sp³-hybridized carbons (Fsp3) is 0.407. The van der Waals surface area contributed by atoms with Crippen molar-refractivity contribution in [2.24, 2.45) is 18.0 Å². The van der Waals surface area contributed by atoms with Crippen LogP contribution in [0.25, 0.3) is 0 Å². The van der Waals surface area contributed by atoms with Crippen molar-refractivity contribution in [3.05, 3.63) is 92.3 Å². The summed E-state index contributed by atoms with van der Waals surface area (Å²) in [4.78, 5) is 22.6. The maximum Gasteiger partial charge on any atom is 0.262 e. The molecule has 0 unspecified atom stereocenters. The van der Waals surface area contributed by atoms with Gasteiger partial charge in [-0.05, 0) is 57.7 Å². The number of halogens is 2. The van der Waals surface area contributed by atoms with E-state index in [1.165, 1.54) is 10.6 Å². The first kappa shape index (κ1) is 24.6. The van der Waals surface area contributed by atoms with Gasteiger partial charge in [0.25, 0.3) is 5.56 Å². The fourth-order valence-corrected chi connectivity index (χ4v) is 4.83. The van der Waals surface area contributed by atoms with Crippen molar-refractivity contribution in [1.82, 2.24) is 19.3 Å². The first-order valence-electron chi connectivity index (χ1n) is 12.2. The normalized spacial score (nSPS) is 20.5. The molecule has 3 aromatic rings. The molecule has 188 valence electrons. The summed E-state index contributed by atoms with van der Waals surface area (Å²) < 4.78 is 24.6. The predicted octanol–water partition coefficient (Wildman–Crippen LogP) is 5.24. The van der Waals surface area contributed by atoms with Gasteiger partial charge < -0.3 is 4.74 Å². The first-order chi connectivity index (χ1) is 17.2. The van der Waals surface area contributed by atoms with Gasteiger partial charge in [0.1, 0.15) is 11.6 Å². The smallest absolute Gasteiger partial charge is 0.262 e. The lowest BCUT2D eigenvalue weighted by Crippen LogP contribution is -2.30. The van der Waals surface area contributed by atoms with Crippen LogP contribution in [0.4, 0.5) is 4.39 Å². The highest BCUT2D eigenvalue weighted by Gasteiger charge is 2.30. The number of ether oxygens (including phenoxy) is 1. The number of benzene rings is 1. The lowest BCUT2D eigenvalue weighted by Gasteiger charge is -2.29. The maximum absolute atomic E-state index is 15.1. The van der Waals surface area contributed by atoms with Gasteiger partial charge in [-0.15, -0.1) is 0 Å². The van der Waals surface area contributed by atoms with Gasteiger partial charge in [-0.2, -0.15) is 5.10 Å². The van der Waals surface area contributed by atoms with E-state index in [0.717, 1.165) is 24.8 Å². The quantitative estimate of drug-likeness (QED) is 0.426. The molecule has 5 rings (SSSR count). The number of rotatable bonds is 6. The Hall–Kier alpha value is -3.10. The number of hydrogen-bond acceptors (Lipinski definition) is 5. The van der Waals surface area contributed by atoms with Gasteiger partial charge in [0.15, 0.2) is 0 Å². The van der Waals surface area contributed by atoms with E-state index in [4.69, 9.17) is 21.3 Å². The Balaban J connectivity index is 1.51. The van der Waals surface area contributed by atoms with E-state index in [0.29, 0.717) is 36.3 Å². The minimum Gasteiger partial charge on any atom is -0.373 e. The summed E-state index contributed by atoms with van der Waals surface area (Å²) in [7, 11) is 1.64. The van der Waals surface area contributed by atoms with E-state index in [9.17, 15) is 4.79 Å². The third-order valence-electron chi connectivity index (χ3n) is 7.04. The molecule has 0 amide bonds. The van der Waals surface area contributed by atoms with Gasteiger partial charge in [-0.3, -0.25) is 19.0 Å². The molecule has 1 aliphatic carbocycles. The van der Waals surface area contributed by atoms with Gasteiger partial charge in [-0.25, -0.2) is 9.37 Å². The number of aliphatic imine (C=N–C) groups is 1. The molecule has 7 nitrogen and oxygen atoms in total. The highest BCUT2D eigenvalue weighted by atomic mass is 35.5. The molecule has 9 heteroatoms. The van der Waals surface area contributed by atoms with Crippen molar-refractivity contribution in [3.63, 3.8) is 0 Å². The average molecular weight is 510 g/mol. The summed E-state index contributed by atoms with van der Waals surface area (Å²) in [6.07, 6.45) is 7.56. The van der Waals surface area contributed by atoms with Crippen LogP contribution in [0.15, 0.2) is 52.7 Å². The molecule has 1 saturated carbocycles. The van der Waals surface area contributed by atoms with E-state index in [-0.39, 0.29) is 39.4 Å². The van der Waals surface area contributed by atoms with E-state index in [1.54, 1.807) is 33.0 Å². The van der Waals surface area contributed by atoms with E-state index in [1.807, 2.05) is 10.9 Å². The van der Waals surface area contributed by atoms with Gasteiger partial charge in [0.2, 0.25) is 0 Å². The second kappa shape index (κ2) is 9.75. The zero-order chi connectivity index (χ0) is 25.6. The second-order valence-corrected chi connectivity index (χ2v) is 10.1. The molecule has 0 spiro atoms. The zero-order valence-electron chi connectivity index (χ0n) is 20.7. The van der Waals surface area contributed by atoms with Crippen LogP contribution in [-0.2, 0) is 11.8 Å². The van der Waals surface area contributed by atoms with Gasteiger partial charge in [0, 0.05) is 47.6 Å². The van der Waals surface area contributed by atoms with Crippen LogP contribution in [0.2, 0.25) is 5.02 Å². The highest BCUT2D eigenvalue weighted by Crippen LogP contribution is 2.38. The maximum atomic E-state index is 15.1. The fourth-order valence-electron chi connectivity index (χ4n) is 4.67. The molecule has 0 radical (unpaired) electrons. The topological polar surface area (TPSA) is 74.3 Å². The molecule has 0 N–H and O–H groups in total. The molecule has 2 aromatic heterocycles. The minimum atomic E-state index is -0.562. The Kier molecular flexibility index (Phi) is 6.66. The van der Waals surface area contributed by atoms with Crippen LogP contribution >= 0.6 is 11.6 Å². The molecular formula is C27H29ClFN5O2. The molecule has 0 bridgehead atoms. The molecule has 1 aromatic carbocycles. The number of hydrogen-bond donors (Lipinski definition) is 0. The summed E-state index contributed by atoms with van der Waals surface area (Å²) in [6.45, 7) is 8.29. The van der Waals surface area contributed by atoms with Crippen molar-refractivity contribution in [2.45, 2.75) is 51.7 Å².